The van der Waals surface area contributed by atoms with Crippen molar-refractivity contribution in [2.24, 2.45) is 0 Å². The zero-order chi connectivity index (χ0) is 17.1. The first-order valence-corrected chi connectivity index (χ1v) is 8.00. The van der Waals surface area contributed by atoms with Crippen molar-refractivity contribution in [3.63, 3.8) is 0 Å². The van der Waals surface area contributed by atoms with Gasteiger partial charge >= 0.3 is 5.97 Å². The number of ether oxygens (including phenoxy) is 1. The van der Waals surface area contributed by atoms with Gasteiger partial charge in [0.05, 0.1) is 12.3 Å². The maximum Gasteiger partial charge on any atom is 0.357 e. The SMILES string of the molecule is CCOC(=O)c1c(C)nc(-c2ccc(C)cc2)n1-c1ccccc1. The quantitative estimate of drug-likeness (QED) is 0.672. The molecule has 0 aliphatic carbocycles. The fourth-order valence-corrected chi connectivity index (χ4v) is 2.69. The summed E-state index contributed by atoms with van der Waals surface area (Å²) in [5, 5.41) is 0. The molecule has 0 atom stereocenters. The lowest BCUT2D eigenvalue weighted by Crippen LogP contribution is -2.13. The van der Waals surface area contributed by atoms with E-state index in [1.54, 1.807) is 6.92 Å². The van der Waals surface area contributed by atoms with Crippen molar-refractivity contribution in [2.75, 3.05) is 6.61 Å². The number of carbonyl (C=O) groups excluding carboxylic acids is 1. The fourth-order valence-electron chi connectivity index (χ4n) is 2.69. The highest BCUT2D eigenvalue weighted by Crippen LogP contribution is 2.27. The lowest BCUT2D eigenvalue weighted by atomic mass is 10.1. The third-order valence-electron chi connectivity index (χ3n) is 3.84. The fraction of sp³-hybridized carbons (Fsp3) is 0.200. The molecule has 4 nitrogen and oxygen atoms in total. The van der Waals surface area contributed by atoms with Crippen LogP contribution in [0.4, 0.5) is 0 Å². The van der Waals surface area contributed by atoms with E-state index in [9.17, 15) is 4.79 Å². The molecule has 3 aromatic rings. The smallest absolute Gasteiger partial charge is 0.357 e. The summed E-state index contributed by atoms with van der Waals surface area (Å²) in [5.74, 6) is 0.381. The molecule has 24 heavy (non-hydrogen) atoms. The van der Waals surface area contributed by atoms with Crippen LogP contribution in [-0.4, -0.2) is 22.1 Å². The number of nitrogens with zero attached hydrogens (tertiary/aromatic N) is 2. The molecule has 0 saturated heterocycles. The number of aromatic nitrogens is 2. The van der Waals surface area contributed by atoms with Crippen molar-refractivity contribution in [1.82, 2.24) is 9.55 Å². The molecule has 1 aromatic heterocycles. The third kappa shape index (κ3) is 2.95. The minimum Gasteiger partial charge on any atom is -0.461 e. The summed E-state index contributed by atoms with van der Waals surface area (Å²) in [6.45, 7) is 6.02. The van der Waals surface area contributed by atoms with Crippen molar-refractivity contribution in [1.29, 1.82) is 0 Å². The minimum atomic E-state index is -0.357. The van der Waals surface area contributed by atoms with Gasteiger partial charge in [-0.15, -0.1) is 0 Å². The first-order chi connectivity index (χ1) is 11.6. The number of imidazole rings is 1. The molecular formula is C20H20N2O2. The molecule has 0 unspecified atom stereocenters. The summed E-state index contributed by atoms with van der Waals surface area (Å²) < 4.78 is 7.11. The largest absolute Gasteiger partial charge is 0.461 e. The average molecular weight is 320 g/mol. The summed E-state index contributed by atoms with van der Waals surface area (Å²) in [4.78, 5) is 17.1. The van der Waals surface area contributed by atoms with Gasteiger partial charge < -0.3 is 4.74 Å². The lowest BCUT2D eigenvalue weighted by molar-refractivity contribution is 0.0516. The van der Waals surface area contributed by atoms with Gasteiger partial charge in [-0.05, 0) is 32.9 Å². The van der Waals surface area contributed by atoms with E-state index in [1.807, 2.05) is 73.0 Å². The van der Waals surface area contributed by atoms with Gasteiger partial charge in [-0.25, -0.2) is 9.78 Å². The molecule has 0 N–H and O–H groups in total. The Labute approximate surface area is 141 Å². The molecule has 0 saturated carbocycles. The van der Waals surface area contributed by atoms with Gasteiger partial charge in [-0.2, -0.15) is 0 Å². The van der Waals surface area contributed by atoms with Crippen LogP contribution in [0.15, 0.2) is 54.6 Å². The number of rotatable bonds is 4. The number of aryl methyl sites for hydroxylation is 2. The normalized spacial score (nSPS) is 10.6. The van der Waals surface area contributed by atoms with E-state index < -0.39 is 0 Å². The maximum absolute atomic E-state index is 12.5. The van der Waals surface area contributed by atoms with Crippen LogP contribution in [0.1, 0.15) is 28.7 Å². The van der Waals surface area contributed by atoms with E-state index in [-0.39, 0.29) is 5.97 Å². The molecule has 3 rings (SSSR count). The number of hydrogen-bond donors (Lipinski definition) is 0. The molecule has 0 radical (unpaired) electrons. The van der Waals surface area contributed by atoms with E-state index in [0.29, 0.717) is 18.0 Å². The van der Waals surface area contributed by atoms with Gasteiger partial charge in [0.25, 0.3) is 0 Å². The zero-order valence-corrected chi connectivity index (χ0v) is 14.1. The monoisotopic (exact) mass is 320 g/mol. The topological polar surface area (TPSA) is 44.1 Å². The molecule has 1 heterocycles. The minimum absolute atomic E-state index is 0.331. The van der Waals surface area contributed by atoms with E-state index in [1.165, 1.54) is 5.56 Å². The van der Waals surface area contributed by atoms with Gasteiger partial charge in [0.1, 0.15) is 5.82 Å². The summed E-state index contributed by atoms with van der Waals surface area (Å²) in [6.07, 6.45) is 0. The Hall–Kier alpha value is -2.88. The van der Waals surface area contributed by atoms with Crippen molar-refractivity contribution in [3.05, 3.63) is 71.5 Å². The highest BCUT2D eigenvalue weighted by molar-refractivity contribution is 5.91. The van der Waals surface area contributed by atoms with Crippen LogP contribution in [-0.2, 0) is 4.74 Å². The van der Waals surface area contributed by atoms with Crippen LogP contribution in [0, 0.1) is 13.8 Å². The molecule has 0 amide bonds. The maximum atomic E-state index is 12.5. The second-order valence-corrected chi connectivity index (χ2v) is 5.63. The Kier molecular flexibility index (Phi) is 4.47. The van der Waals surface area contributed by atoms with Gasteiger partial charge in [-0.3, -0.25) is 4.57 Å². The molecule has 122 valence electrons. The second-order valence-electron chi connectivity index (χ2n) is 5.63. The number of para-hydroxylation sites is 1. The Balaban J connectivity index is 2.24. The second kappa shape index (κ2) is 6.71. The van der Waals surface area contributed by atoms with E-state index in [2.05, 4.69) is 4.98 Å². The average Bonchev–Trinajstić information content (AvgIpc) is 2.94. The molecule has 0 fully saturated rings. The molecule has 0 aliphatic rings. The predicted octanol–water partition coefficient (Wildman–Crippen LogP) is 4.33. The Bertz CT molecular complexity index is 849. The lowest BCUT2D eigenvalue weighted by Gasteiger charge is -2.12. The molecular weight excluding hydrogens is 300 g/mol. The number of carbonyl (C=O) groups is 1. The number of benzene rings is 2. The Morgan fingerprint density at radius 3 is 2.33 bits per heavy atom. The Morgan fingerprint density at radius 1 is 1.04 bits per heavy atom. The first kappa shape index (κ1) is 16.0. The van der Waals surface area contributed by atoms with Crippen LogP contribution in [0.5, 0.6) is 0 Å². The number of hydrogen-bond acceptors (Lipinski definition) is 3. The third-order valence-corrected chi connectivity index (χ3v) is 3.84. The Morgan fingerprint density at radius 2 is 1.71 bits per heavy atom. The first-order valence-electron chi connectivity index (χ1n) is 8.00. The molecule has 4 heteroatoms. The summed E-state index contributed by atoms with van der Waals surface area (Å²) >= 11 is 0. The van der Waals surface area contributed by atoms with Crippen LogP contribution >= 0.6 is 0 Å². The van der Waals surface area contributed by atoms with E-state index in [4.69, 9.17) is 4.74 Å². The van der Waals surface area contributed by atoms with Crippen LogP contribution in [0.3, 0.4) is 0 Å². The van der Waals surface area contributed by atoms with E-state index >= 15 is 0 Å². The van der Waals surface area contributed by atoms with Crippen LogP contribution in [0.25, 0.3) is 17.1 Å². The van der Waals surface area contributed by atoms with Gasteiger partial charge in [0, 0.05) is 11.3 Å². The van der Waals surface area contributed by atoms with Gasteiger partial charge in [0.2, 0.25) is 0 Å². The van der Waals surface area contributed by atoms with Crippen molar-refractivity contribution >= 4 is 5.97 Å². The molecule has 0 bridgehead atoms. The molecule has 0 aliphatic heterocycles. The molecule has 0 spiro atoms. The highest BCUT2D eigenvalue weighted by atomic mass is 16.5. The van der Waals surface area contributed by atoms with Gasteiger partial charge in [0.15, 0.2) is 5.69 Å². The summed E-state index contributed by atoms with van der Waals surface area (Å²) in [6, 6.07) is 17.9. The standard InChI is InChI=1S/C20H20N2O2/c1-4-24-20(23)18-15(3)21-19(16-12-10-14(2)11-13-16)22(18)17-8-6-5-7-9-17/h5-13H,4H2,1-3H3. The van der Waals surface area contributed by atoms with Gasteiger partial charge in [-0.1, -0.05) is 48.0 Å². The zero-order valence-electron chi connectivity index (χ0n) is 14.1. The highest BCUT2D eigenvalue weighted by Gasteiger charge is 2.23. The summed E-state index contributed by atoms with van der Waals surface area (Å²) in [5.41, 5.74) is 4.16. The van der Waals surface area contributed by atoms with Crippen LogP contribution in [0.2, 0.25) is 0 Å². The predicted molar refractivity (Wildman–Crippen MR) is 94.4 cm³/mol. The number of esters is 1. The van der Waals surface area contributed by atoms with Crippen molar-refractivity contribution in [3.8, 4) is 17.1 Å². The molecule has 2 aromatic carbocycles. The summed E-state index contributed by atoms with van der Waals surface area (Å²) in [7, 11) is 0. The van der Waals surface area contributed by atoms with Crippen LogP contribution < -0.4 is 0 Å². The van der Waals surface area contributed by atoms with Crippen molar-refractivity contribution in [2.45, 2.75) is 20.8 Å². The van der Waals surface area contributed by atoms with E-state index in [0.717, 1.165) is 17.1 Å². The van der Waals surface area contributed by atoms with Crippen molar-refractivity contribution < 1.29 is 9.53 Å².